The first-order valence-corrected chi connectivity index (χ1v) is 4.22. The second-order valence-electron chi connectivity index (χ2n) is 3.23. The third kappa shape index (κ3) is 1.16. The highest BCUT2D eigenvalue weighted by atomic mass is 16.4. The third-order valence-electron chi connectivity index (χ3n) is 2.32. The topological polar surface area (TPSA) is 69.2 Å². The van der Waals surface area contributed by atoms with E-state index in [0.717, 1.165) is 30.8 Å². The van der Waals surface area contributed by atoms with Crippen LogP contribution in [0.2, 0.25) is 0 Å². The molecule has 0 bridgehead atoms. The number of anilines is 1. The molecule has 2 rings (SSSR count). The van der Waals surface area contributed by atoms with Crippen LogP contribution in [0.3, 0.4) is 0 Å². The summed E-state index contributed by atoms with van der Waals surface area (Å²) in [5, 5.41) is 15.4. The standard InChI is InChI=1S/C8H11N3O2/c1-11-4-2-3-5-7(11)6(8(12)13)10-9-5/h2-4H2,1H3,(H,9,10)(H,12,13). The van der Waals surface area contributed by atoms with Crippen LogP contribution in [-0.4, -0.2) is 34.9 Å². The summed E-state index contributed by atoms with van der Waals surface area (Å²) < 4.78 is 0. The number of aromatic amines is 1. The van der Waals surface area contributed by atoms with Crippen LogP contribution >= 0.6 is 0 Å². The molecule has 0 spiro atoms. The average molecular weight is 181 g/mol. The fourth-order valence-electron chi connectivity index (χ4n) is 1.71. The fourth-order valence-corrected chi connectivity index (χ4v) is 1.71. The summed E-state index contributed by atoms with van der Waals surface area (Å²) >= 11 is 0. The van der Waals surface area contributed by atoms with Gasteiger partial charge in [0.1, 0.15) is 0 Å². The van der Waals surface area contributed by atoms with Crippen LogP contribution in [-0.2, 0) is 6.42 Å². The average Bonchev–Trinajstić information content (AvgIpc) is 2.49. The second-order valence-corrected chi connectivity index (χ2v) is 3.23. The van der Waals surface area contributed by atoms with Gasteiger partial charge in [-0.1, -0.05) is 0 Å². The lowest BCUT2D eigenvalue weighted by Gasteiger charge is -2.24. The van der Waals surface area contributed by atoms with Crippen molar-refractivity contribution in [1.29, 1.82) is 0 Å². The molecule has 1 aliphatic heterocycles. The van der Waals surface area contributed by atoms with Crippen molar-refractivity contribution in [2.45, 2.75) is 12.8 Å². The Labute approximate surface area is 75.4 Å². The summed E-state index contributed by atoms with van der Waals surface area (Å²) in [6, 6.07) is 0. The summed E-state index contributed by atoms with van der Waals surface area (Å²) in [5.41, 5.74) is 1.82. The molecule has 13 heavy (non-hydrogen) atoms. The van der Waals surface area contributed by atoms with Gasteiger partial charge in [0.2, 0.25) is 0 Å². The number of fused-ring (bicyclic) bond motifs is 1. The lowest BCUT2D eigenvalue weighted by Crippen LogP contribution is -2.25. The summed E-state index contributed by atoms with van der Waals surface area (Å²) in [4.78, 5) is 12.7. The van der Waals surface area contributed by atoms with Gasteiger partial charge >= 0.3 is 5.97 Å². The van der Waals surface area contributed by atoms with Gasteiger partial charge < -0.3 is 10.0 Å². The number of aromatic nitrogens is 2. The van der Waals surface area contributed by atoms with E-state index in [2.05, 4.69) is 10.2 Å². The Morgan fingerprint density at radius 2 is 2.46 bits per heavy atom. The van der Waals surface area contributed by atoms with Crippen LogP contribution < -0.4 is 4.90 Å². The lowest BCUT2D eigenvalue weighted by atomic mass is 10.1. The quantitative estimate of drug-likeness (QED) is 0.661. The molecule has 0 unspecified atom stereocenters. The zero-order valence-electron chi connectivity index (χ0n) is 7.37. The van der Waals surface area contributed by atoms with E-state index in [4.69, 9.17) is 5.11 Å². The molecule has 2 heterocycles. The van der Waals surface area contributed by atoms with Crippen molar-refractivity contribution in [3.8, 4) is 0 Å². The number of H-pyrrole nitrogens is 1. The Bertz CT molecular complexity index is 345. The molecule has 0 aromatic carbocycles. The van der Waals surface area contributed by atoms with Crippen molar-refractivity contribution in [2.24, 2.45) is 0 Å². The summed E-state index contributed by atoms with van der Waals surface area (Å²) in [6.45, 7) is 0.896. The number of rotatable bonds is 1. The number of nitrogens with one attached hydrogen (secondary N) is 1. The molecule has 0 saturated carbocycles. The minimum atomic E-state index is -0.966. The van der Waals surface area contributed by atoms with Gasteiger partial charge in [-0.05, 0) is 12.8 Å². The molecule has 5 nitrogen and oxygen atoms in total. The molecule has 0 atom stereocenters. The maximum absolute atomic E-state index is 10.8. The fraction of sp³-hybridized carbons (Fsp3) is 0.500. The van der Waals surface area contributed by atoms with E-state index in [1.54, 1.807) is 0 Å². The second kappa shape index (κ2) is 2.76. The number of aromatic carboxylic acids is 1. The van der Waals surface area contributed by atoms with Crippen LogP contribution in [0, 0.1) is 0 Å². The molecule has 0 radical (unpaired) electrons. The van der Waals surface area contributed by atoms with E-state index in [-0.39, 0.29) is 5.69 Å². The van der Waals surface area contributed by atoms with Crippen LogP contribution in [0.25, 0.3) is 0 Å². The monoisotopic (exact) mass is 181 g/mol. The number of aryl methyl sites for hydroxylation is 1. The first kappa shape index (κ1) is 8.10. The predicted octanol–water partition coefficient (Wildman–Crippen LogP) is 0.490. The van der Waals surface area contributed by atoms with Crippen molar-refractivity contribution in [1.82, 2.24) is 10.2 Å². The van der Waals surface area contributed by atoms with Crippen LogP contribution in [0.4, 0.5) is 5.69 Å². The maximum Gasteiger partial charge on any atom is 0.358 e. The van der Waals surface area contributed by atoms with Gasteiger partial charge in [0.05, 0.1) is 11.4 Å². The van der Waals surface area contributed by atoms with E-state index in [1.165, 1.54) is 0 Å². The Kier molecular flexibility index (Phi) is 1.72. The highest BCUT2D eigenvalue weighted by molar-refractivity contribution is 5.93. The molecule has 1 aromatic rings. The number of hydrogen-bond donors (Lipinski definition) is 2. The molecule has 1 aliphatic rings. The van der Waals surface area contributed by atoms with Gasteiger partial charge in [0, 0.05) is 13.6 Å². The number of hydrogen-bond acceptors (Lipinski definition) is 3. The first-order chi connectivity index (χ1) is 6.20. The van der Waals surface area contributed by atoms with Crippen molar-refractivity contribution < 1.29 is 9.90 Å². The minimum absolute atomic E-state index is 0.136. The summed E-state index contributed by atoms with van der Waals surface area (Å²) in [7, 11) is 1.89. The van der Waals surface area contributed by atoms with Gasteiger partial charge in [0.15, 0.2) is 5.69 Å². The lowest BCUT2D eigenvalue weighted by molar-refractivity contribution is 0.0691. The van der Waals surface area contributed by atoms with Crippen LogP contribution in [0.1, 0.15) is 22.6 Å². The highest BCUT2D eigenvalue weighted by Crippen LogP contribution is 2.27. The van der Waals surface area contributed by atoms with Gasteiger partial charge in [-0.2, -0.15) is 5.10 Å². The van der Waals surface area contributed by atoms with Crippen molar-refractivity contribution in [3.63, 3.8) is 0 Å². The van der Waals surface area contributed by atoms with Crippen LogP contribution in [0.15, 0.2) is 0 Å². The van der Waals surface area contributed by atoms with Gasteiger partial charge in [-0.15, -0.1) is 0 Å². The molecule has 0 amide bonds. The molecule has 0 aliphatic carbocycles. The number of carboxylic acid groups (broad SMARTS) is 1. The SMILES string of the molecule is CN1CCCc2[nH]nc(C(=O)O)c21. The normalized spacial score (nSPS) is 15.6. The van der Waals surface area contributed by atoms with Crippen molar-refractivity contribution >= 4 is 11.7 Å². The zero-order chi connectivity index (χ0) is 9.42. The summed E-state index contributed by atoms with van der Waals surface area (Å²) in [6.07, 6.45) is 1.94. The number of carboxylic acids is 1. The molecule has 2 N–H and O–H groups in total. The molecule has 1 aromatic heterocycles. The largest absolute Gasteiger partial charge is 0.476 e. The van der Waals surface area contributed by atoms with Gasteiger partial charge in [-0.3, -0.25) is 5.10 Å². The molecule has 70 valence electrons. The Morgan fingerprint density at radius 1 is 1.69 bits per heavy atom. The molecule has 0 fully saturated rings. The predicted molar refractivity (Wildman–Crippen MR) is 47.1 cm³/mol. The van der Waals surface area contributed by atoms with E-state index in [0.29, 0.717) is 0 Å². The number of carbonyl (C=O) groups is 1. The van der Waals surface area contributed by atoms with Crippen LogP contribution in [0.5, 0.6) is 0 Å². The highest BCUT2D eigenvalue weighted by Gasteiger charge is 2.24. The van der Waals surface area contributed by atoms with Crippen molar-refractivity contribution in [2.75, 3.05) is 18.5 Å². The molecular formula is C8H11N3O2. The molecule has 0 saturated heterocycles. The molecular weight excluding hydrogens is 170 g/mol. The maximum atomic E-state index is 10.8. The van der Waals surface area contributed by atoms with Gasteiger partial charge in [-0.25, -0.2) is 4.79 Å². The minimum Gasteiger partial charge on any atom is -0.476 e. The summed E-state index contributed by atoms with van der Waals surface area (Å²) in [5.74, 6) is -0.966. The Morgan fingerprint density at radius 3 is 3.15 bits per heavy atom. The van der Waals surface area contributed by atoms with E-state index < -0.39 is 5.97 Å². The van der Waals surface area contributed by atoms with E-state index in [9.17, 15) is 4.79 Å². The number of nitrogens with zero attached hydrogens (tertiary/aromatic N) is 2. The smallest absolute Gasteiger partial charge is 0.358 e. The van der Waals surface area contributed by atoms with E-state index in [1.807, 2.05) is 11.9 Å². The molecule has 5 heteroatoms. The first-order valence-electron chi connectivity index (χ1n) is 4.22. The Balaban J connectivity index is 2.50. The van der Waals surface area contributed by atoms with Crippen molar-refractivity contribution in [3.05, 3.63) is 11.4 Å². The third-order valence-corrected chi connectivity index (χ3v) is 2.32. The van der Waals surface area contributed by atoms with Gasteiger partial charge in [0.25, 0.3) is 0 Å². The van der Waals surface area contributed by atoms with E-state index >= 15 is 0 Å². The Hall–Kier alpha value is -1.52. The zero-order valence-corrected chi connectivity index (χ0v) is 7.37.